The van der Waals surface area contributed by atoms with Gasteiger partial charge >= 0.3 is 0 Å². The van der Waals surface area contributed by atoms with Gasteiger partial charge in [-0.3, -0.25) is 9.59 Å². The Morgan fingerprint density at radius 2 is 2.25 bits per heavy atom. The van der Waals surface area contributed by atoms with Crippen LogP contribution in [0.25, 0.3) is 10.2 Å². The van der Waals surface area contributed by atoms with Gasteiger partial charge in [-0.2, -0.15) is 0 Å². The third-order valence-corrected chi connectivity index (χ3v) is 6.09. The molecule has 0 spiro atoms. The Morgan fingerprint density at radius 1 is 1.46 bits per heavy atom. The van der Waals surface area contributed by atoms with Crippen LogP contribution in [0.1, 0.15) is 46.9 Å². The van der Waals surface area contributed by atoms with Gasteiger partial charge in [-0.25, -0.2) is 9.67 Å². The minimum absolute atomic E-state index is 0.0468. The molecular formula is C14H14N6O2S2. The summed E-state index contributed by atoms with van der Waals surface area (Å²) >= 11 is 2.71. The van der Waals surface area contributed by atoms with E-state index >= 15 is 0 Å². The number of aromatic amines is 1. The van der Waals surface area contributed by atoms with E-state index < -0.39 is 0 Å². The number of rotatable bonds is 5. The molecule has 0 unspecified atom stereocenters. The highest BCUT2D eigenvalue weighted by molar-refractivity contribution is 7.98. The lowest BCUT2D eigenvalue weighted by atomic mass is 10.2. The number of aryl methyl sites for hydroxylation is 1. The first kappa shape index (κ1) is 15.5. The van der Waals surface area contributed by atoms with Crippen molar-refractivity contribution in [3.63, 3.8) is 0 Å². The zero-order valence-electron chi connectivity index (χ0n) is 13.1. The number of aromatic nitrogens is 6. The highest BCUT2D eigenvalue weighted by Gasteiger charge is 2.28. The van der Waals surface area contributed by atoms with Crippen LogP contribution in [-0.2, 0) is 5.75 Å². The number of hydrogen-bond donors (Lipinski definition) is 1. The molecule has 0 aliphatic heterocycles. The first-order chi connectivity index (χ1) is 11.5. The molecule has 3 heterocycles. The highest BCUT2D eigenvalue weighted by atomic mass is 32.2. The Labute approximate surface area is 144 Å². The predicted octanol–water partition coefficient (Wildman–Crippen LogP) is 2.11. The number of hydrogen-bond acceptors (Lipinski definition) is 8. The third kappa shape index (κ3) is 2.65. The number of thioether (sulfide) groups is 1. The molecule has 1 aliphatic carbocycles. The smallest absolute Gasteiger partial charge is 0.259 e. The lowest BCUT2D eigenvalue weighted by Crippen LogP contribution is -2.11. The summed E-state index contributed by atoms with van der Waals surface area (Å²) in [6, 6.07) is 0.398. The van der Waals surface area contributed by atoms with Crippen LogP contribution >= 0.6 is 23.1 Å². The molecule has 4 rings (SSSR count). The number of tetrazole rings is 1. The molecule has 0 aromatic carbocycles. The minimum atomic E-state index is -0.210. The van der Waals surface area contributed by atoms with Crippen LogP contribution in [0.2, 0.25) is 0 Å². The monoisotopic (exact) mass is 362 g/mol. The van der Waals surface area contributed by atoms with Crippen molar-refractivity contribution in [2.45, 2.75) is 43.6 Å². The molecular weight excluding hydrogens is 348 g/mol. The Kier molecular flexibility index (Phi) is 3.72. The van der Waals surface area contributed by atoms with Gasteiger partial charge in [0.25, 0.3) is 5.56 Å². The van der Waals surface area contributed by atoms with Gasteiger partial charge in [-0.1, -0.05) is 11.8 Å². The number of Topliss-reactive ketones (excluding diaryl/α,β-unsaturated/α-hetero) is 1. The van der Waals surface area contributed by atoms with Gasteiger partial charge in [0.1, 0.15) is 10.7 Å². The summed E-state index contributed by atoms with van der Waals surface area (Å²) in [6.07, 6.45) is 2.20. The van der Waals surface area contributed by atoms with E-state index in [0.717, 1.165) is 18.0 Å². The molecule has 10 heteroatoms. The molecule has 24 heavy (non-hydrogen) atoms. The van der Waals surface area contributed by atoms with Gasteiger partial charge in [0.15, 0.2) is 5.78 Å². The summed E-state index contributed by atoms with van der Waals surface area (Å²) in [5.41, 5.74) is 0.492. The van der Waals surface area contributed by atoms with Crippen LogP contribution in [0, 0.1) is 6.92 Å². The largest absolute Gasteiger partial charge is 0.309 e. The van der Waals surface area contributed by atoms with E-state index in [9.17, 15) is 9.59 Å². The normalized spacial score (nSPS) is 14.4. The molecule has 1 fully saturated rings. The van der Waals surface area contributed by atoms with Crippen molar-refractivity contribution in [3.8, 4) is 0 Å². The first-order valence-electron chi connectivity index (χ1n) is 7.48. The van der Waals surface area contributed by atoms with Crippen molar-refractivity contribution in [2.24, 2.45) is 0 Å². The average Bonchev–Trinajstić information content (AvgIpc) is 3.17. The molecule has 124 valence electrons. The molecule has 3 aromatic heterocycles. The maximum atomic E-state index is 12.3. The van der Waals surface area contributed by atoms with Crippen molar-refractivity contribution in [1.29, 1.82) is 0 Å². The van der Waals surface area contributed by atoms with E-state index in [-0.39, 0.29) is 11.3 Å². The first-order valence-corrected chi connectivity index (χ1v) is 9.28. The van der Waals surface area contributed by atoms with Crippen LogP contribution < -0.4 is 5.56 Å². The van der Waals surface area contributed by atoms with Gasteiger partial charge in [-0.05, 0) is 42.7 Å². The summed E-state index contributed by atoms with van der Waals surface area (Å²) in [5, 5.41) is 13.0. The van der Waals surface area contributed by atoms with E-state index in [0.29, 0.717) is 38.3 Å². The van der Waals surface area contributed by atoms with Crippen LogP contribution in [0.15, 0.2) is 9.95 Å². The maximum Gasteiger partial charge on any atom is 0.259 e. The standard InChI is InChI=1S/C14H14N6O2S2/c1-6-10-12(22)15-9(16-13(10)24-11(6)7(2)21)5-23-14-17-18-19-20(14)8-3-4-8/h8H,3-5H2,1-2H3,(H,15,16,22). The Balaban J connectivity index is 1.64. The quantitative estimate of drug-likeness (QED) is 0.547. The van der Waals surface area contributed by atoms with Crippen molar-refractivity contribution < 1.29 is 4.79 Å². The van der Waals surface area contributed by atoms with E-state index in [1.54, 1.807) is 6.92 Å². The fourth-order valence-electron chi connectivity index (χ4n) is 2.55. The fraction of sp³-hybridized carbons (Fsp3) is 0.429. The number of nitrogens with zero attached hydrogens (tertiary/aromatic N) is 5. The summed E-state index contributed by atoms with van der Waals surface area (Å²) in [6.45, 7) is 3.28. The summed E-state index contributed by atoms with van der Waals surface area (Å²) < 4.78 is 1.82. The second kappa shape index (κ2) is 5.78. The van der Waals surface area contributed by atoms with Crippen LogP contribution in [0.4, 0.5) is 0 Å². The molecule has 0 bridgehead atoms. The minimum Gasteiger partial charge on any atom is -0.309 e. The average molecular weight is 362 g/mol. The number of carbonyl (C=O) groups excluding carboxylic acids is 1. The summed E-state index contributed by atoms with van der Waals surface area (Å²) in [7, 11) is 0. The van der Waals surface area contributed by atoms with Crippen molar-refractivity contribution in [2.75, 3.05) is 0 Å². The van der Waals surface area contributed by atoms with E-state index in [1.165, 1.54) is 30.0 Å². The fourth-order valence-corrected chi connectivity index (χ4v) is 4.46. The number of fused-ring (bicyclic) bond motifs is 1. The lowest BCUT2D eigenvalue weighted by molar-refractivity contribution is 0.102. The second-order valence-corrected chi connectivity index (χ2v) is 7.67. The van der Waals surface area contributed by atoms with Gasteiger partial charge in [0, 0.05) is 0 Å². The SMILES string of the molecule is CC(=O)c1sc2nc(CSc3nnnn3C3CC3)[nH]c(=O)c2c1C. The van der Waals surface area contributed by atoms with Gasteiger partial charge in [-0.15, -0.1) is 16.4 Å². The topological polar surface area (TPSA) is 106 Å². The van der Waals surface area contributed by atoms with Crippen molar-refractivity contribution >= 4 is 39.1 Å². The molecule has 0 saturated heterocycles. The number of ketones is 1. The van der Waals surface area contributed by atoms with Crippen LogP contribution in [0.3, 0.4) is 0 Å². The lowest BCUT2D eigenvalue weighted by Gasteiger charge is -2.02. The zero-order valence-corrected chi connectivity index (χ0v) is 14.7. The molecule has 1 aliphatic rings. The molecule has 0 radical (unpaired) electrons. The molecule has 1 saturated carbocycles. The zero-order chi connectivity index (χ0) is 16.8. The van der Waals surface area contributed by atoms with Crippen LogP contribution in [-0.4, -0.2) is 36.0 Å². The summed E-state index contributed by atoms with van der Waals surface area (Å²) in [5.74, 6) is 0.971. The summed E-state index contributed by atoms with van der Waals surface area (Å²) in [4.78, 5) is 32.5. The third-order valence-electron chi connectivity index (χ3n) is 3.86. The predicted molar refractivity (Wildman–Crippen MR) is 90.6 cm³/mol. The maximum absolute atomic E-state index is 12.3. The van der Waals surface area contributed by atoms with Gasteiger partial charge < -0.3 is 4.98 Å². The Morgan fingerprint density at radius 3 is 2.96 bits per heavy atom. The molecule has 3 aromatic rings. The van der Waals surface area contributed by atoms with Gasteiger partial charge in [0.2, 0.25) is 5.16 Å². The van der Waals surface area contributed by atoms with E-state index in [1.807, 2.05) is 4.68 Å². The number of carbonyl (C=O) groups is 1. The molecule has 8 nitrogen and oxygen atoms in total. The van der Waals surface area contributed by atoms with E-state index in [2.05, 4.69) is 25.5 Å². The van der Waals surface area contributed by atoms with Crippen LogP contribution in [0.5, 0.6) is 0 Å². The molecule has 0 amide bonds. The Bertz CT molecular complexity index is 1000. The highest BCUT2D eigenvalue weighted by Crippen LogP contribution is 2.36. The molecule has 0 atom stereocenters. The number of thiophene rings is 1. The Hall–Kier alpha value is -2.07. The van der Waals surface area contributed by atoms with Gasteiger partial charge in [0.05, 0.1) is 22.1 Å². The van der Waals surface area contributed by atoms with E-state index in [4.69, 9.17) is 0 Å². The molecule has 1 N–H and O–H groups in total. The second-order valence-electron chi connectivity index (χ2n) is 5.73. The number of nitrogens with one attached hydrogen (secondary N) is 1. The van der Waals surface area contributed by atoms with Crippen molar-refractivity contribution in [3.05, 3.63) is 26.6 Å². The van der Waals surface area contributed by atoms with Crippen molar-refractivity contribution in [1.82, 2.24) is 30.2 Å². The number of H-pyrrole nitrogens is 1.